The van der Waals surface area contributed by atoms with Gasteiger partial charge in [-0.15, -0.1) is 0 Å². The van der Waals surface area contributed by atoms with Crippen molar-refractivity contribution in [2.24, 2.45) is 0 Å². The van der Waals surface area contributed by atoms with Gasteiger partial charge in [-0.1, -0.05) is 84.8 Å². The average Bonchev–Trinajstić information content (AvgIpc) is 3.79. The quantitative estimate of drug-likeness (QED) is 0.0952. The molecule has 1 N–H and O–H groups in total. The number of carbonyl (C=O) groups excluding carboxylic acids is 1. The molecule has 2 aromatic heterocycles. The summed E-state index contributed by atoms with van der Waals surface area (Å²) in [5.74, 6) is 0.916. The summed E-state index contributed by atoms with van der Waals surface area (Å²) in [4.78, 5) is 28.5. The number of hydrogen-bond acceptors (Lipinski definition) is 10. The number of nitrogens with one attached hydrogen (secondary N) is 1. The number of ether oxygens (including phenoxy) is 2. The van der Waals surface area contributed by atoms with Crippen molar-refractivity contribution in [1.29, 1.82) is 0 Å². The van der Waals surface area contributed by atoms with Crippen molar-refractivity contribution in [2.75, 3.05) is 6.54 Å². The molecule has 0 radical (unpaired) electrons. The third-order valence-corrected chi connectivity index (χ3v) is 7.67. The maximum Gasteiger partial charge on any atom is 0.274 e. The van der Waals surface area contributed by atoms with Gasteiger partial charge in [0.1, 0.15) is 30.3 Å². The summed E-state index contributed by atoms with van der Waals surface area (Å²) in [6, 6.07) is 29.0. The normalized spacial score (nSPS) is 11.0. The maximum atomic E-state index is 13.3. The second-order valence-electron chi connectivity index (χ2n) is 11.4. The van der Waals surface area contributed by atoms with Gasteiger partial charge in [-0.3, -0.25) is 14.9 Å². The molecule has 2 heterocycles. The van der Waals surface area contributed by atoms with Crippen LogP contribution in [0.25, 0.3) is 34.2 Å². The molecule has 0 spiro atoms. The van der Waals surface area contributed by atoms with Crippen LogP contribution in [-0.2, 0) is 13.2 Å². The van der Waals surface area contributed by atoms with Crippen molar-refractivity contribution in [3.8, 4) is 45.7 Å². The Morgan fingerprint density at radius 2 is 1.49 bits per heavy atom. The zero-order valence-electron chi connectivity index (χ0n) is 27.1. The number of rotatable bonds is 13. The van der Waals surface area contributed by atoms with Gasteiger partial charge in [0, 0.05) is 30.3 Å². The number of benzene rings is 4. The van der Waals surface area contributed by atoms with E-state index in [4.69, 9.17) is 18.5 Å². The van der Waals surface area contributed by atoms with Gasteiger partial charge in [-0.25, -0.2) is 0 Å². The lowest BCUT2D eigenvalue weighted by atomic mass is 9.96. The third kappa shape index (κ3) is 7.33. The lowest BCUT2D eigenvalue weighted by Crippen LogP contribution is -2.23. The van der Waals surface area contributed by atoms with Crippen molar-refractivity contribution in [3.63, 3.8) is 0 Å². The molecule has 0 aliphatic carbocycles. The lowest BCUT2D eigenvalue weighted by Gasteiger charge is -2.19. The van der Waals surface area contributed by atoms with Crippen LogP contribution in [0.4, 0.5) is 5.69 Å². The van der Waals surface area contributed by atoms with Gasteiger partial charge in [0.2, 0.25) is 5.82 Å². The van der Waals surface area contributed by atoms with E-state index in [2.05, 4.69) is 34.5 Å². The zero-order chi connectivity index (χ0) is 34.3. The van der Waals surface area contributed by atoms with Gasteiger partial charge in [0.15, 0.2) is 11.5 Å². The Labute approximate surface area is 281 Å². The van der Waals surface area contributed by atoms with Crippen LogP contribution in [0.1, 0.15) is 53.9 Å². The van der Waals surface area contributed by atoms with Gasteiger partial charge >= 0.3 is 0 Å². The molecule has 0 bridgehead atoms. The molecular weight excluding hydrogens is 626 g/mol. The van der Waals surface area contributed by atoms with Crippen LogP contribution in [0.5, 0.6) is 11.5 Å². The summed E-state index contributed by atoms with van der Waals surface area (Å²) in [7, 11) is 0. The fourth-order valence-electron chi connectivity index (χ4n) is 5.17. The van der Waals surface area contributed by atoms with Crippen molar-refractivity contribution in [3.05, 3.63) is 130 Å². The first-order valence-corrected chi connectivity index (χ1v) is 15.7. The van der Waals surface area contributed by atoms with Gasteiger partial charge in [0.25, 0.3) is 17.5 Å². The molecule has 12 nitrogen and oxygen atoms in total. The summed E-state index contributed by atoms with van der Waals surface area (Å²) in [5, 5.41) is 22.3. The lowest BCUT2D eigenvalue weighted by molar-refractivity contribution is -0.384. The Hall–Kier alpha value is -6.30. The van der Waals surface area contributed by atoms with E-state index in [1.165, 1.54) is 24.3 Å². The number of non-ortho nitro benzene ring substituents is 1. The molecule has 0 aliphatic rings. The predicted octanol–water partition coefficient (Wildman–Crippen LogP) is 8.00. The van der Waals surface area contributed by atoms with Gasteiger partial charge in [-0.05, 0) is 47.7 Å². The van der Waals surface area contributed by atoms with Crippen LogP contribution in [-0.4, -0.2) is 32.7 Å². The topological polar surface area (TPSA) is 156 Å². The maximum absolute atomic E-state index is 13.3. The molecule has 6 rings (SSSR count). The molecule has 0 saturated carbocycles. The molecule has 248 valence electrons. The standard InChI is InChI=1S/C37H33N5O7/c1-4-38-36(43)33-32(35-39-37(49-41-35)26-15-17-27(18-16-26)42(44)45)34(48-40-33)29-19-28(23(2)3)30(46-21-24-11-7-5-8-12-24)20-31(29)47-22-25-13-9-6-10-14-25/h5-20,23H,4,21-22H2,1-3H3,(H,38,43). The van der Waals surface area contributed by atoms with E-state index in [0.717, 1.165) is 16.7 Å². The van der Waals surface area contributed by atoms with E-state index in [0.29, 0.717) is 35.8 Å². The Morgan fingerprint density at radius 1 is 0.857 bits per heavy atom. The second-order valence-corrected chi connectivity index (χ2v) is 11.4. The fraction of sp³-hybridized carbons (Fsp3) is 0.189. The van der Waals surface area contributed by atoms with E-state index >= 15 is 0 Å². The number of hydrogen-bond donors (Lipinski definition) is 1. The second kappa shape index (κ2) is 14.6. The molecule has 4 aromatic carbocycles. The van der Waals surface area contributed by atoms with E-state index in [1.54, 1.807) is 6.92 Å². The van der Waals surface area contributed by atoms with Crippen LogP contribution in [0.2, 0.25) is 0 Å². The number of nitro benzene ring substituents is 1. The molecule has 0 saturated heterocycles. The van der Waals surface area contributed by atoms with Crippen LogP contribution in [0.3, 0.4) is 0 Å². The number of amides is 1. The summed E-state index contributed by atoms with van der Waals surface area (Å²) in [6.45, 7) is 6.83. The van der Waals surface area contributed by atoms with Crippen LogP contribution < -0.4 is 14.8 Å². The van der Waals surface area contributed by atoms with E-state index in [1.807, 2.05) is 72.8 Å². The third-order valence-electron chi connectivity index (χ3n) is 7.67. The number of nitro groups is 1. The highest BCUT2D eigenvalue weighted by Crippen LogP contribution is 2.44. The van der Waals surface area contributed by atoms with Crippen molar-refractivity contribution in [2.45, 2.75) is 39.9 Å². The first-order chi connectivity index (χ1) is 23.8. The van der Waals surface area contributed by atoms with E-state index in [9.17, 15) is 14.9 Å². The van der Waals surface area contributed by atoms with Crippen molar-refractivity contribution in [1.82, 2.24) is 20.6 Å². The summed E-state index contributed by atoms with van der Waals surface area (Å²) >= 11 is 0. The minimum atomic E-state index is -0.494. The Bertz CT molecular complexity index is 2060. The van der Waals surface area contributed by atoms with Gasteiger partial charge in [0.05, 0.1) is 10.5 Å². The van der Waals surface area contributed by atoms with Gasteiger partial charge in [-0.2, -0.15) is 4.98 Å². The molecule has 0 atom stereocenters. The number of aromatic nitrogens is 3. The zero-order valence-corrected chi connectivity index (χ0v) is 27.1. The molecule has 0 fully saturated rings. The smallest absolute Gasteiger partial charge is 0.274 e. The fourth-order valence-corrected chi connectivity index (χ4v) is 5.17. The Balaban J connectivity index is 1.47. The van der Waals surface area contributed by atoms with Crippen LogP contribution in [0, 0.1) is 10.1 Å². The van der Waals surface area contributed by atoms with Crippen molar-refractivity contribution >= 4 is 11.6 Å². The summed E-state index contributed by atoms with van der Waals surface area (Å²) in [6.07, 6.45) is 0. The minimum Gasteiger partial charge on any atom is -0.488 e. The summed E-state index contributed by atoms with van der Waals surface area (Å²) in [5.41, 5.74) is 3.86. The average molecular weight is 660 g/mol. The molecule has 12 heteroatoms. The largest absolute Gasteiger partial charge is 0.488 e. The Kier molecular flexibility index (Phi) is 9.75. The first-order valence-electron chi connectivity index (χ1n) is 15.7. The molecule has 1 amide bonds. The Morgan fingerprint density at radius 3 is 2.08 bits per heavy atom. The first kappa shape index (κ1) is 32.6. The highest BCUT2D eigenvalue weighted by atomic mass is 16.6. The molecule has 49 heavy (non-hydrogen) atoms. The van der Waals surface area contributed by atoms with Crippen molar-refractivity contribution < 1.29 is 28.2 Å². The van der Waals surface area contributed by atoms with Crippen LogP contribution in [0.15, 0.2) is 106 Å². The SMILES string of the molecule is CCNC(=O)c1noc(-c2cc(C(C)C)c(OCc3ccccc3)cc2OCc2ccccc2)c1-c1noc(-c2ccc([N+](=O)[O-])cc2)n1. The van der Waals surface area contributed by atoms with Crippen LogP contribution >= 0.6 is 0 Å². The molecule has 6 aromatic rings. The molecule has 0 aliphatic heterocycles. The monoisotopic (exact) mass is 659 g/mol. The molecule has 0 unspecified atom stereocenters. The van der Waals surface area contributed by atoms with E-state index in [-0.39, 0.29) is 46.9 Å². The number of nitrogens with zero attached hydrogens (tertiary/aromatic N) is 4. The minimum absolute atomic E-state index is 0.0286. The summed E-state index contributed by atoms with van der Waals surface area (Å²) < 4.78 is 24.3. The predicted molar refractivity (Wildman–Crippen MR) is 181 cm³/mol. The number of carbonyl (C=O) groups is 1. The van der Waals surface area contributed by atoms with Gasteiger partial charge < -0.3 is 23.8 Å². The highest BCUT2D eigenvalue weighted by molar-refractivity contribution is 6.01. The molecular formula is C37H33N5O7. The van der Waals surface area contributed by atoms with E-state index < -0.39 is 10.8 Å². The highest BCUT2D eigenvalue weighted by Gasteiger charge is 2.31.